The first-order valence-corrected chi connectivity index (χ1v) is 11.0. The Morgan fingerprint density at radius 3 is 2.76 bits per heavy atom. The van der Waals surface area contributed by atoms with Crippen molar-refractivity contribution < 1.29 is 9.47 Å². The van der Waals surface area contributed by atoms with E-state index in [4.69, 9.17) is 9.47 Å². The summed E-state index contributed by atoms with van der Waals surface area (Å²) in [6.07, 6.45) is 3.30. The minimum Gasteiger partial charge on any atom is -0.486 e. The molecule has 1 saturated heterocycles. The number of nitrogens with one attached hydrogen (secondary N) is 1. The van der Waals surface area contributed by atoms with Gasteiger partial charge in [-0.05, 0) is 48.9 Å². The summed E-state index contributed by atoms with van der Waals surface area (Å²) < 4.78 is 12.7. The van der Waals surface area contributed by atoms with Gasteiger partial charge >= 0.3 is 0 Å². The third kappa shape index (κ3) is 3.39. The Labute approximate surface area is 190 Å². The molecule has 33 heavy (non-hydrogen) atoms. The Balaban J connectivity index is 1.49. The minimum atomic E-state index is -0.128. The largest absolute Gasteiger partial charge is 0.486 e. The van der Waals surface area contributed by atoms with Crippen molar-refractivity contribution in [2.45, 2.75) is 13.0 Å². The van der Waals surface area contributed by atoms with Crippen LogP contribution >= 0.6 is 0 Å². The summed E-state index contributed by atoms with van der Waals surface area (Å²) in [5.74, 6) is 0.752. The number of fused-ring (bicyclic) bond motifs is 2. The number of aromatic nitrogens is 3. The lowest BCUT2D eigenvalue weighted by Gasteiger charge is -2.33. The summed E-state index contributed by atoms with van der Waals surface area (Å²) in [6, 6.07) is 15.5. The monoisotopic (exact) mass is 441 g/mol. The lowest BCUT2D eigenvalue weighted by Crippen LogP contribution is -2.38. The third-order valence-electron chi connectivity index (χ3n) is 6.12. The van der Waals surface area contributed by atoms with Crippen molar-refractivity contribution in [3.63, 3.8) is 0 Å². The number of hydrogen-bond donors (Lipinski definition) is 1. The van der Waals surface area contributed by atoms with Crippen molar-refractivity contribution in [2.24, 2.45) is 0 Å². The van der Waals surface area contributed by atoms with Crippen molar-refractivity contribution in [3.8, 4) is 11.4 Å². The highest BCUT2D eigenvalue weighted by Gasteiger charge is 2.24. The van der Waals surface area contributed by atoms with E-state index in [0.717, 1.165) is 40.3 Å². The summed E-state index contributed by atoms with van der Waals surface area (Å²) in [5, 5.41) is 4.26. The maximum Gasteiger partial charge on any atom is 0.280 e. The van der Waals surface area contributed by atoms with Gasteiger partial charge in [-0.15, -0.1) is 0 Å². The molecule has 0 spiro atoms. The van der Waals surface area contributed by atoms with Crippen LogP contribution in [0.4, 0.5) is 17.1 Å². The van der Waals surface area contributed by atoms with Gasteiger partial charge in [0.15, 0.2) is 5.65 Å². The molecule has 2 aliphatic heterocycles. The molecule has 0 unspecified atom stereocenters. The highest BCUT2D eigenvalue weighted by atomic mass is 16.6. The van der Waals surface area contributed by atoms with Crippen LogP contribution in [0.1, 0.15) is 5.56 Å². The van der Waals surface area contributed by atoms with E-state index in [2.05, 4.69) is 33.2 Å². The van der Waals surface area contributed by atoms with Gasteiger partial charge in [0.2, 0.25) is 0 Å². The zero-order valence-corrected chi connectivity index (χ0v) is 18.2. The molecule has 6 rings (SSSR count). The molecule has 0 amide bonds. The molecule has 2 aromatic heterocycles. The van der Waals surface area contributed by atoms with Gasteiger partial charge in [0, 0.05) is 24.7 Å². The van der Waals surface area contributed by atoms with Gasteiger partial charge in [-0.1, -0.05) is 12.1 Å². The van der Waals surface area contributed by atoms with Crippen molar-refractivity contribution in [3.05, 3.63) is 77.0 Å². The van der Waals surface area contributed by atoms with E-state index in [-0.39, 0.29) is 11.7 Å². The molecule has 2 aliphatic rings. The number of hydrogen-bond acceptors (Lipinski definition) is 7. The summed E-state index contributed by atoms with van der Waals surface area (Å²) in [4.78, 5) is 24.6. The Morgan fingerprint density at radius 2 is 1.97 bits per heavy atom. The third-order valence-corrected chi connectivity index (χ3v) is 6.12. The second-order valence-corrected chi connectivity index (χ2v) is 8.29. The number of pyridine rings is 1. The fraction of sp³-hybridized carbons (Fsp3) is 0.240. The van der Waals surface area contributed by atoms with Crippen LogP contribution in [0.5, 0.6) is 5.75 Å². The van der Waals surface area contributed by atoms with Crippen molar-refractivity contribution in [2.75, 3.05) is 36.5 Å². The number of anilines is 3. The first-order valence-electron chi connectivity index (χ1n) is 11.0. The lowest BCUT2D eigenvalue weighted by molar-refractivity contribution is -0.0796. The molecule has 0 bridgehead atoms. The van der Waals surface area contributed by atoms with Crippen LogP contribution in [0.25, 0.3) is 16.7 Å². The molecular weight excluding hydrogens is 418 g/mol. The standard InChI is InChI=1S/C25H23N5O3/c1-16-3-2-4-21-23(16)27-9-10-29(21)22-11-17-12-26-15-28-24(17)30(25(22)31)18-5-7-19(8-6-18)33-20-13-32-14-20/h2-8,11-12,15,20,27H,9-10,13-14H2,1H3. The Kier molecular flexibility index (Phi) is 4.73. The molecule has 0 aliphatic carbocycles. The number of aryl methyl sites for hydroxylation is 1. The number of ether oxygens (including phenoxy) is 2. The number of benzene rings is 2. The molecule has 0 radical (unpaired) electrons. The molecule has 4 heterocycles. The van der Waals surface area contributed by atoms with Crippen LogP contribution in [0, 0.1) is 6.92 Å². The van der Waals surface area contributed by atoms with Crippen LogP contribution < -0.4 is 20.5 Å². The number of rotatable bonds is 4. The van der Waals surface area contributed by atoms with E-state index < -0.39 is 0 Å². The molecule has 0 atom stereocenters. The predicted octanol–water partition coefficient (Wildman–Crippen LogP) is 3.43. The van der Waals surface area contributed by atoms with Gasteiger partial charge < -0.3 is 19.7 Å². The summed E-state index contributed by atoms with van der Waals surface area (Å²) in [6.45, 7) is 4.72. The lowest BCUT2D eigenvalue weighted by atomic mass is 10.1. The van der Waals surface area contributed by atoms with Gasteiger partial charge in [0.25, 0.3) is 5.56 Å². The van der Waals surface area contributed by atoms with Gasteiger partial charge in [-0.3, -0.25) is 9.36 Å². The summed E-state index contributed by atoms with van der Waals surface area (Å²) >= 11 is 0. The molecule has 1 fully saturated rings. The number of nitrogens with zero attached hydrogens (tertiary/aromatic N) is 4. The molecule has 2 aromatic carbocycles. The first-order chi connectivity index (χ1) is 16.2. The van der Waals surface area contributed by atoms with Crippen molar-refractivity contribution >= 4 is 28.1 Å². The first kappa shape index (κ1) is 19.8. The van der Waals surface area contributed by atoms with Gasteiger partial charge in [-0.2, -0.15) is 0 Å². The van der Waals surface area contributed by atoms with E-state index in [1.165, 1.54) is 6.33 Å². The Morgan fingerprint density at radius 1 is 1.12 bits per heavy atom. The highest BCUT2D eigenvalue weighted by Crippen LogP contribution is 2.36. The highest BCUT2D eigenvalue weighted by molar-refractivity contribution is 5.85. The van der Waals surface area contributed by atoms with Crippen LogP contribution in [-0.4, -0.2) is 46.9 Å². The molecule has 8 nitrogen and oxygen atoms in total. The second-order valence-electron chi connectivity index (χ2n) is 8.29. The molecule has 166 valence electrons. The molecular formula is C25H23N5O3. The zero-order valence-electron chi connectivity index (χ0n) is 18.2. The van der Waals surface area contributed by atoms with E-state index in [1.807, 2.05) is 42.5 Å². The Bertz CT molecular complexity index is 1400. The van der Waals surface area contributed by atoms with Gasteiger partial charge in [0.05, 0.1) is 30.3 Å². The fourth-order valence-electron chi connectivity index (χ4n) is 4.39. The SMILES string of the molecule is Cc1cccc2c1NCCN2c1cc2cncnc2n(-c2ccc(OC3COC3)cc2)c1=O. The molecule has 0 saturated carbocycles. The molecule has 4 aromatic rings. The zero-order chi connectivity index (χ0) is 22.4. The average Bonchev–Trinajstić information content (AvgIpc) is 2.82. The van der Waals surface area contributed by atoms with E-state index in [0.29, 0.717) is 31.1 Å². The van der Waals surface area contributed by atoms with Crippen LogP contribution in [0.15, 0.2) is 65.8 Å². The normalized spacial score (nSPS) is 15.6. The Hall–Kier alpha value is -3.91. The second kappa shape index (κ2) is 7.90. The predicted molar refractivity (Wildman–Crippen MR) is 127 cm³/mol. The topological polar surface area (TPSA) is 81.5 Å². The van der Waals surface area contributed by atoms with Crippen molar-refractivity contribution in [1.82, 2.24) is 14.5 Å². The minimum absolute atomic E-state index is 0.0895. The van der Waals surface area contributed by atoms with Gasteiger partial charge in [0.1, 0.15) is 23.9 Å². The molecule has 8 heteroatoms. The van der Waals surface area contributed by atoms with E-state index in [9.17, 15) is 4.79 Å². The van der Waals surface area contributed by atoms with Crippen LogP contribution in [0.2, 0.25) is 0 Å². The van der Waals surface area contributed by atoms with E-state index in [1.54, 1.807) is 10.8 Å². The maximum atomic E-state index is 13.9. The molecule has 1 N–H and O–H groups in total. The van der Waals surface area contributed by atoms with Gasteiger partial charge in [-0.25, -0.2) is 9.97 Å². The smallest absolute Gasteiger partial charge is 0.280 e. The van der Waals surface area contributed by atoms with Crippen LogP contribution in [0.3, 0.4) is 0 Å². The van der Waals surface area contributed by atoms with E-state index >= 15 is 0 Å². The van der Waals surface area contributed by atoms with Crippen LogP contribution in [-0.2, 0) is 4.74 Å². The average molecular weight is 441 g/mol. The quantitative estimate of drug-likeness (QED) is 0.520. The maximum absolute atomic E-state index is 13.9. The number of para-hydroxylation sites is 1. The summed E-state index contributed by atoms with van der Waals surface area (Å²) in [5.41, 5.74) is 4.96. The van der Waals surface area contributed by atoms with Crippen molar-refractivity contribution in [1.29, 1.82) is 0 Å². The summed E-state index contributed by atoms with van der Waals surface area (Å²) in [7, 11) is 0. The fourth-order valence-corrected chi connectivity index (χ4v) is 4.39.